The summed E-state index contributed by atoms with van der Waals surface area (Å²) >= 11 is 1.06. The maximum atomic E-state index is 14.3. The zero-order valence-electron chi connectivity index (χ0n) is 19.6. The highest BCUT2D eigenvalue weighted by Crippen LogP contribution is 2.54. The van der Waals surface area contributed by atoms with E-state index in [1.165, 1.54) is 24.3 Å². The molecule has 0 aliphatic rings. The second-order valence-corrected chi connectivity index (χ2v) is 9.65. The molecule has 0 N–H and O–H groups in total. The number of nitrogens with zero attached hydrogens (tertiary/aromatic N) is 2. The Morgan fingerprint density at radius 1 is 0.512 bits per heavy atom. The van der Waals surface area contributed by atoms with E-state index in [0.29, 0.717) is 10.3 Å². The molecule has 0 atom stereocenters. The van der Waals surface area contributed by atoms with Crippen LogP contribution < -0.4 is 0 Å². The van der Waals surface area contributed by atoms with E-state index in [9.17, 15) is 52.7 Å². The summed E-state index contributed by atoms with van der Waals surface area (Å²) in [6.45, 7) is 0. The highest BCUT2D eigenvalue weighted by Gasteiger charge is 2.54. The first-order valence-electron chi connectivity index (χ1n) is 11.1. The standard InChI is InChI=1S/C26H10F12N2S/c27-23(28,29)15-10-16(24(30,31)32)20(26(36,37)38)18(19(15)25(33,34)35)22-14-9-12-5-2-1-4-11(12)8-13(14)21(39-40-22)17-6-3-7-41-17/h1-10H. The molecule has 41 heavy (non-hydrogen) atoms. The molecule has 0 amide bonds. The fraction of sp³-hybridized carbons (Fsp3) is 0.154. The Kier molecular flexibility index (Phi) is 6.51. The van der Waals surface area contributed by atoms with Crippen LogP contribution in [0.15, 0.2) is 60.0 Å². The zero-order valence-corrected chi connectivity index (χ0v) is 20.4. The molecular weight excluding hydrogens is 600 g/mol. The van der Waals surface area contributed by atoms with Crippen molar-refractivity contribution in [3.05, 3.63) is 82.2 Å². The lowest BCUT2D eigenvalue weighted by Gasteiger charge is -2.26. The van der Waals surface area contributed by atoms with Crippen LogP contribution in [0.3, 0.4) is 0 Å². The van der Waals surface area contributed by atoms with Crippen LogP contribution in [-0.2, 0) is 24.7 Å². The Balaban J connectivity index is 2.09. The highest BCUT2D eigenvalue weighted by atomic mass is 32.1. The minimum Gasteiger partial charge on any atom is -0.166 e. The molecule has 214 valence electrons. The average Bonchev–Trinajstić information content (AvgIpc) is 3.38. The van der Waals surface area contributed by atoms with E-state index in [2.05, 4.69) is 10.2 Å². The van der Waals surface area contributed by atoms with Crippen LogP contribution in [-0.4, -0.2) is 10.2 Å². The SMILES string of the molecule is FC(F)(F)c1cc(C(F)(F)F)c(C(F)(F)F)c(-c2nnc(-c3cccs3)c3cc4ccccc4cc23)c1C(F)(F)F. The number of benzene rings is 3. The molecule has 15 heteroatoms. The van der Waals surface area contributed by atoms with Crippen molar-refractivity contribution in [3.8, 4) is 21.8 Å². The molecule has 2 aromatic heterocycles. The number of rotatable bonds is 2. The van der Waals surface area contributed by atoms with Crippen molar-refractivity contribution in [2.75, 3.05) is 0 Å². The Morgan fingerprint density at radius 2 is 0.976 bits per heavy atom. The lowest BCUT2D eigenvalue weighted by Crippen LogP contribution is -2.26. The first-order valence-corrected chi connectivity index (χ1v) is 12.0. The summed E-state index contributed by atoms with van der Waals surface area (Å²) in [4.78, 5) is 0.344. The van der Waals surface area contributed by atoms with Crippen LogP contribution in [0, 0.1) is 0 Å². The van der Waals surface area contributed by atoms with Crippen LogP contribution in [0.5, 0.6) is 0 Å². The topological polar surface area (TPSA) is 25.8 Å². The van der Waals surface area contributed by atoms with Gasteiger partial charge in [0.25, 0.3) is 0 Å². The fourth-order valence-corrected chi connectivity index (χ4v) is 5.30. The molecule has 0 fully saturated rings. The fourth-order valence-electron chi connectivity index (χ4n) is 4.58. The van der Waals surface area contributed by atoms with E-state index in [4.69, 9.17) is 0 Å². The molecule has 2 nitrogen and oxygen atoms in total. The Morgan fingerprint density at radius 3 is 1.39 bits per heavy atom. The summed E-state index contributed by atoms with van der Waals surface area (Å²) in [6.07, 6.45) is -24.6. The number of hydrogen-bond donors (Lipinski definition) is 0. The van der Waals surface area contributed by atoms with Gasteiger partial charge in [-0.3, -0.25) is 0 Å². The van der Waals surface area contributed by atoms with E-state index in [1.807, 2.05) is 0 Å². The third-order valence-electron chi connectivity index (χ3n) is 6.14. The van der Waals surface area contributed by atoms with Gasteiger partial charge in [-0.2, -0.15) is 52.7 Å². The minimum absolute atomic E-state index is 0.0466. The van der Waals surface area contributed by atoms with Crippen molar-refractivity contribution in [1.29, 1.82) is 0 Å². The van der Waals surface area contributed by atoms with E-state index in [0.717, 1.165) is 17.4 Å². The first-order chi connectivity index (χ1) is 18.9. The molecule has 0 saturated heterocycles. The van der Waals surface area contributed by atoms with Gasteiger partial charge < -0.3 is 0 Å². The maximum absolute atomic E-state index is 14.3. The second-order valence-electron chi connectivity index (χ2n) is 8.71. The molecule has 5 aromatic rings. The Bertz CT molecular complexity index is 1730. The van der Waals surface area contributed by atoms with Crippen molar-refractivity contribution in [3.63, 3.8) is 0 Å². The van der Waals surface area contributed by atoms with Crippen LogP contribution in [0.2, 0.25) is 0 Å². The van der Waals surface area contributed by atoms with Crippen molar-refractivity contribution >= 4 is 32.9 Å². The van der Waals surface area contributed by atoms with Gasteiger partial charge in [0.15, 0.2) is 0 Å². The predicted molar refractivity (Wildman–Crippen MR) is 126 cm³/mol. The molecule has 0 bridgehead atoms. The minimum atomic E-state index is -6.19. The van der Waals surface area contributed by atoms with E-state index in [-0.39, 0.29) is 16.5 Å². The lowest BCUT2D eigenvalue weighted by molar-refractivity contribution is -0.170. The van der Waals surface area contributed by atoms with Crippen LogP contribution in [0.1, 0.15) is 22.3 Å². The van der Waals surface area contributed by atoms with Gasteiger partial charge >= 0.3 is 24.7 Å². The van der Waals surface area contributed by atoms with E-state index in [1.54, 1.807) is 23.6 Å². The quantitative estimate of drug-likeness (QED) is 0.147. The van der Waals surface area contributed by atoms with Gasteiger partial charge in [0.05, 0.1) is 27.1 Å². The van der Waals surface area contributed by atoms with Crippen molar-refractivity contribution < 1.29 is 52.7 Å². The van der Waals surface area contributed by atoms with Gasteiger partial charge in [0.1, 0.15) is 11.4 Å². The van der Waals surface area contributed by atoms with Crippen LogP contribution in [0.4, 0.5) is 52.7 Å². The summed E-state index contributed by atoms with van der Waals surface area (Å²) < 4.78 is 169. The number of alkyl halides is 12. The zero-order chi connectivity index (χ0) is 30.1. The van der Waals surface area contributed by atoms with Gasteiger partial charge in [0, 0.05) is 16.3 Å². The molecular formula is C26H10F12N2S. The number of halogens is 12. The van der Waals surface area contributed by atoms with Gasteiger partial charge in [-0.25, -0.2) is 0 Å². The molecule has 5 rings (SSSR count). The van der Waals surface area contributed by atoms with Gasteiger partial charge in [-0.1, -0.05) is 30.3 Å². The molecule has 0 spiro atoms. The van der Waals surface area contributed by atoms with Crippen molar-refractivity contribution in [2.45, 2.75) is 24.7 Å². The summed E-state index contributed by atoms with van der Waals surface area (Å²) in [6, 6.07) is 10.2. The maximum Gasteiger partial charge on any atom is 0.417 e. The first kappa shape index (κ1) is 28.6. The Hall–Kier alpha value is -3.88. The molecule has 0 saturated carbocycles. The van der Waals surface area contributed by atoms with E-state index >= 15 is 0 Å². The lowest BCUT2D eigenvalue weighted by atomic mass is 9.86. The molecule has 3 aromatic carbocycles. The smallest absolute Gasteiger partial charge is 0.166 e. The van der Waals surface area contributed by atoms with E-state index < -0.39 is 69.7 Å². The van der Waals surface area contributed by atoms with Gasteiger partial charge in [-0.05, 0) is 40.4 Å². The number of aromatic nitrogens is 2. The molecule has 0 unspecified atom stereocenters. The Labute approximate surface area is 224 Å². The third kappa shape index (κ3) is 5.06. The summed E-state index contributed by atoms with van der Waals surface area (Å²) in [5.74, 6) is 0. The molecule has 0 aliphatic heterocycles. The van der Waals surface area contributed by atoms with Gasteiger partial charge in [-0.15, -0.1) is 21.5 Å². The van der Waals surface area contributed by atoms with Crippen LogP contribution >= 0.6 is 11.3 Å². The number of fused-ring (bicyclic) bond motifs is 2. The summed E-state index contributed by atoms with van der Waals surface area (Å²) in [5.41, 5.74) is -15.7. The van der Waals surface area contributed by atoms with Crippen molar-refractivity contribution in [2.24, 2.45) is 0 Å². The van der Waals surface area contributed by atoms with Crippen molar-refractivity contribution in [1.82, 2.24) is 10.2 Å². The average molecular weight is 610 g/mol. The van der Waals surface area contributed by atoms with Crippen LogP contribution in [0.25, 0.3) is 43.4 Å². The normalized spacial score (nSPS) is 13.4. The number of thiophene rings is 1. The summed E-state index contributed by atoms with van der Waals surface area (Å²) in [7, 11) is 0. The third-order valence-corrected chi connectivity index (χ3v) is 7.02. The van der Waals surface area contributed by atoms with Gasteiger partial charge in [0.2, 0.25) is 0 Å². The highest BCUT2D eigenvalue weighted by molar-refractivity contribution is 7.13. The number of hydrogen-bond acceptors (Lipinski definition) is 3. The predicted octanol–water partition coefficient (Wildman–Crippen LogP) is 10.3. The largest absolute Gasteiger partial charge is 0.417 e. The monoisotopic (exact) mass is 610 g/mol. The molecule has 0 radical (unpaired) electrons. The molecule has 0 aliphatic carbocycles. The second kappa shape index (κ2) is 9.33. The molecule has 2 heterocycles. The summed E-state index contributed by atoms with van der Waals surface area (Å²) in [5, 5.41) is 8.69.